The lowest BCUT2D eigenvalue weighted by Crippen LogP contribution is -2.20. The molecule has 0 saturated carbocycles. The molecular weight excluding hydrogens is 442 g/mol. The molecule has 1 N–H and O–H groups in total. The summed E-state index contributed by atoms with van der Waals surface area (Å²) in [5.41, 5.74) is 0.922. The molecule has 0 aliphatic heterocycles. The number of hydrogen-bond acceptors (Lipinski definition) is 8. The molecule has 9 nitrogen and oxygen atoms in total. The van der Waals surface area contributed by atoms with Crippen molar-refractivity contribution in [3.05, 3.63) is 40.9 Å². The zero-order chi connectivity index (χ0) is 23.7. The summed E-state index contributed by atoms with van der Waals surface area (Å²) < 4.78 is 31.1. The summed E-state index contributed by atoms with van der Waals surface area (Å²) in [6, 6.07) is 6.34. The van der Waals surface area contributed by atoms with Crippen LogP contribution in [0.25, 0.3) is 6.08 Å². The maximum absolute atomic E-state index is 12.2. The van der Waals surface area contributed by atoms with Gasteiger partial charge in [-0.05, 0) is 29.8 Å². The van der Waals surface area contributed by atoms with Gasteiger partial charge in [0.15, 0.2) is 18.1 Å². The number of nitrogens with one attached hydrogen (secondary N) is 1. The molecule has 0 aromatic heterocycles. The Balaban J connectivity index is 2.01. The topological polar surface area (TPSA) is 102 Å². The zero-order valence-electron chi connectivity index (χ0n) is 18.3. The third-order valence-corrected chi connectivity index (χ3v) is 4.49. The Bertz CT molecular complexity index is 981. The van der Waals surface area contributed by atoms with Crippen molar-refractivity contribution >= 4 is 35.2 Å². The Kier molecular flexibility index (Phi) is 9.03. The molecule has 0 atom stereocenters. The molecule has 0 spiro atoms. The Hall–Kier alpha value is -3.59. The van der Waals surface area contributed by atoms with Gasteiger partial charge >= 0.3 is 5.97 Å². The number of hydrogen-bond donors (Lipinski definition) is 1. The summed E-state index contributed by atoms with van der Waals surface area (Å²) >= 11 is 6.08. The lowest BCUT2D eigenvalue weighted by molar-refractivity contribution is -0.142. The quantitative estimate of drug-likeness (QED) is 0.419. The van der Waals surface area contributed by atoms with Crippen LogP contribution < -0.4 is 29.0 Å². The second-order valence-corrected chi connectivity index (χ2v) is 6.54. The van der Waals surface area contributed by atoms with Crippen molar-refractivity contribution in [3.63, 3.8) is 0 Å². The molecular formula is C22H24ClNO8. The molecule has 1 amide bonds. The van der Waals surface area contributed by atoms with Crippen LogP contribution in [0.4, 0.5) is 5.69 Å². The summed E-state index contributed by atoms with van der Waals surface area (Å²) in [6.45, 7) is -0.509. The SMILES string of the molecule is COc1cc(OC)c(NC(=O)COC(=O)/C=C/c2cc(OC)c(OC)c(OC)c2)cc1Cl. The number of amides is 1. The van der Waals surface area contributed by atoms with Gasteiger partial charge in [0.1, 0.15) is 11.5 Å². The molecule has 0 aliphatic rings. The van der Waals surface area contributed by atoms with E-state index < -0.39 is 18.5 Å². The lowest BCUT2D eigenvalue weighted by Gasteiger charge is -2.13. The minimum atomic E-state index is -0.714. The first-order chi connectivity index (χ1) is 15.4. The average molecular weight is 466 g/mol. The van der Waals surface area contributed by atoms with Crippen LogP contribution in [-0.4, -0.2) is 54.0 Å². The summed E-state index contributed by atoms with van der Waals surface area (Å²) in [6.07, 6.45) is 2.68. The van der Waals surface area contributed by atoms with Crippen LogP contribution in [-0.2, 0) is 14.3 Å². The van der Waals surface area contributed by atoms with Crippen LogP contribution in [0.2, 0.25) is 5.02 Å². The van der Waals surface area contributed by atoms with Crippen molar-refractivity contribution in [1.82, 2.24) is 0 Å². The number of halogens is 1. The standard InChI is InChI=1S/C22H24ClNO8/c1-27-16-11-17(28-2)15(10-14(16)23)24-20(25)12-32-21(26)7-6-13-8-18(29-3)22(31-5)19(9-13)30-4/h6-11H,12H2,1-5H3,(H,24,25)/b7-6+. The highest BCUT2D eigenvalue weighted by Crippen LogP contribution is 2.38. The Morgan fingerprint density at radius 2 is 1.44 bits per heavy atom. The van der Waals surface area contributed by atoms with Gasteiger partial charge in [0, 0.05) is 12.1 Å². The number of carbonyl (C=O) groups excluding carboxylic acids is 2. The minimum Gasteiger partial charge on any atom is -0.495 e. The number of methoxy groups -OCH3 is 5. The monoisotopic (exact) mass is 465 g/mol. The predicted octanol–water partition coefficient (Wildman–Crippen LogP) is 3.58. The second-order valence-electron chi connectivity index (χ2n) is 6.13. The number of carbonyl (C=O) groups is 2. The molecule has 0 unspecified atom stereocenters. The molecule has 2 rings (SSSR count). The average Bonchev–Trinajstić information content (AvgIpc) is 2.80. The first-order valence-electron chi connectivity index (χ1n) is 9.23. The van der Waals surface area contributed by atoms with E-state index in [9.17, 15) is 9.59 Å². The molecule has 0 radical (unpaired) electrons. The number of anilines is 1. The number of esters is 1. The summed E-state index contributed by atoms with van der Waals surface area (Å²) in [5.74, 6) is 0.754. The van der Waals surface area contributed by atoms with E-state index in [1.165, 1.54) is 59.8 Å². The molecule has 2 aromatic carbocycles. The van der Waals surface area contributed by atoms with Crippen molar-refractivity contribution in [1.29, 1.82) is 0 Å². The van der Waals surface area contributed by atoms with Crippen molar-refractivity contribution in [3.8, 4) is 28.7 Å². The number of ether oxygens (including phenoxy) is 6. The molecule has 172 valence electrons. The molecule has 0 bridgehead atoms. The fourth-order valence-electron chi connectivity index (χ4n) is 2.69. The van der Waals surface area contributed by atoms with Crippen LogP contribution in [0.3, 0.4) is 0 Å². The highest BCUT2D eigenvalue weighted by atomic mass is 35.5. The predicted molar refractivity (Wildman–Crippen MR) is 119 cm³/mol. The van der Waals surface area contributed by atoms with Gasteiger partial charge < -0.3 is 33.7 Å². The number of rotatable bonds is 10. The van der Waals surface area contributed by atoms with Crippen LogP contribution in [0.15, 0.2) is 30.3 Å². The van der Waals surface area contributed by atoms with E-state index in [0.717, 1.165) is 0 Å². The van der Waals surface area contributed by atoms with Gasteiger partial charge in [0.2, 0.25) is 5.75 Å². The highest BCUT2D eigenvalue weighted by molar-refractivity contribution is 6.32. The van der Waals surface area contributed by atoms with Gasteiger partial charge in [-0.15, -0.1) is 0 Å². The van der Waals surface area contributed by atoms with Gasteiger partial charge in [0.05, 0.1) is 46.3 Å². The fourth-order valence-corrected chi connectivity index (χ4v) is 2.93. The van der Waals surface area contributed by atoms with Gasteiger partial charge in [-0.3, -0.25) is 4.79 Å². The first kappa shape index (κ1) is 24.7. The summed E-state index contributed by atoms with van der Waals surface area (Å²) in [4.78, 5) is 24.2. The Morgan fingerprint density at radius 3 is 1.97 bits per heavy atom. The van der Waals surface area contributed by atoms with E-state index in [0.29, 0.717) is 40.0 Å². The van der Waals surface area contributed by atoms with E-state index in [2.05, 4.69) is 5.32 Å². The van der Waals surface area contributed by atoms with Crippen LogP contribution in [0.5, 0.6) is 28.7 Å². The summed E-state index contributed by atoms with van der Waals surface area (Å²) in [5, 5.41) is 2.86. The molecule has 10 heteroatoms. The Morgan fingerprint density at radius 1 is 0.844 bits per heavy atom. The highest BCUT2D eigenvalue weighted by Gasteiger charge is 2.14. The van der Waals surface area contributed by atoms with Crippen LogP contribution >= 0.6 is 11.6 Å². The third-order valence-electron chi connectivity index (χ3n) is 4.19. The van der Waals surface area contributed by atoms with Gasteiger partial charge in [-0.25, -0.2) is 4.79 Å². The van der Waals surface area contributed by atoms with Gasteiger partial charge in [-0.1, -0.05) is 11.6 Å². The smallest absolute Gasteiger partial charge is 0.331 e. The number of benzene rings is 2. The van der Waals surface area contributed by atoms with Crippen molar-refractivity contribution in [2.45, 2.75) is 0 Å². The van der Waals surface area contributed by atoms with Gasteiger partial charge in [0.25, 0.3) is 5.91 Å². The van der Waals surface area contributed by atoms with E-state index >= 15 is 0 Å². The largest absolute Gasteiger partial charge is 0.495 e. The minimum absolute atomic E-state index is 0.286. The van der Waals surface area contributed by atoms with Crippen LogP contribution in [0, 0.1) is 0 Å². The molecule has 0 saturated heterocycles. The van der Waals surface area contributed by atoms with E-state index in [4.69, 9.17) is 40.0 Å². The molecule has 0 heterocycles. The Labute approximate surface area is 190 Å². The van der Waals surface area contributed by atoms with Gasteiger partial charge in [-0.2, -0.15) is 0 Å². The second kappa shape index (κ2) is 11.7. The van der Waals surface area contributed by atoms with E-state index in [-0.39, 0.29) is 5.02 Å². The molecule has 0 aliphatic carbocycles. The van der Waals surface area contributed by atoms with Crippen LogP contribution in [0.1, 0.15) is 5.56 Å². The van der Waals surface area contributed by atoms with Crippen molar-refractivity contribution in [2.75, 3.05) is 47.5 Å². The third kappa shape index (κ3) is 6.21. The normalized spacial score (nSPS) is 10.4. The lowest BCUT2D eigenvalue weighted by atomic mass is 10.1. The maximum Gasteiger partial charge on any atom is 0.331 e. The first-order valence-corrected chi connectivity index (χ1v) is 9.60. The van der Waals surface area contributed by atoms with Crippen molar-refractivity contribution < 1.29 is 38.0 Å². The zero-order valence-corrected chi connectivity index (χ0v) is 19.1. The fraction of sp³-hybridized carbons (Fsp3) is 0.273. The maximum atomic E-state index is 12.2. The van der Waals surface area contributed by atoms with E-state index in [1.54, 1.807) is 12.1 Å². The van der Waals surface area contributed by atoms with E-state index in [1.807, 2.05) is 0 Å². The summed E-state index contributed by atoms with van der Waals surface area (Å²) in [7, 11) is 7.37. The molecule has 32 heavy (non-hydrogen) atoms. The van der Waals surface area contributed by atoms with Crippen molar-refractivity contribution in [2.24, 2.45) is 0 Å². The molecule has 2 aromatic rings. The molecule has 0 fully saturated rings.